The zero-order valence-electron chi connectivity index (χ0n) is 28.4. The molecule has 258 valence electrons. The number of hydrogen-bond acceptors (Lipinski definition) is 6. The Bertz CT molecular complexity index is 1590. The standard InChI is InChI=1S/C40H47N3O6/c1-3-4-5-6-10-25-49-36-23-15-31(16-24-36)27-43(2)35-21-13-30(14-22-35)26-37(40(46)47)42-39(45)33-17-19-34(20-18-33)41-38(44)29-48-28-32-11-8-7-9-12-32/h7-9,11-24,37H,3-6,10,25-29H2,1-2H3,(H,41,44)(H,42,45)(H,46,47)/t37-/m0/s1. The molecule has 0 radical (unpaired) electrons. The minimum atomic E-state index is -1.13. The van der Waals surface area contributed by atoms with Crippen molar-refractivity contribution in [3.8, 4) is 5.75 Å². The topological polar surface area (TPSA) is 117 Å². The summed E-state index contributed by atoms with van der Waals surface area (Å²) in [6.07, 6.45) is 6.18. The van der Waals surface area contributed by atoms with Gasteiger partial charge in [-0.3, -0.25) is 9.59 Å². The van der Waals surface area contributed by atoms with Crippen LogP contribution < -0.4 is 20.3 Å². The van der Waals surface area contributed by atoms with Crippen molar-refractivity contribution in [2.24, 2.45) is 0 Å². The molecule has 0 fully saturated rings. The molecule has 0 saturated carbocycles. The average Bonchev–Trinajstić information content (AvgIpc) is 3.11. The number of rotatable bonds is 20. The van der Waals surface area contributed by atoms with E-state index in [1.165, 1.54) is 37.8 Å². The number of carbonyl (C=O) groups is 3. The third kappa shape index (κ3) is 12.8. The van der Waals surface area contributed by atoms with Gasteiger partial charge in [-0.1, -0.05) is 87.2 Å². The van der Waals surface area contributed by atoms with E-state index in [-0.39, 0.29) is 24.5 Å². The fourth-order valence-electron chi connectivity index (χ4n) is 5.25. The van der Waals surface area contributed by atoms with Crippen LogP contribution >= 0.6 is 0 Å². The van der Waals surface area contributed by atoms with E-state index >= 15 is 0 Å². The summed E-state index contributed by atoms with van der Waals surface area (Å²) in [6, 6.07) is 30.5. The minimum absolute atomic E-state index is 0.113. The van der Waals surface area contributed by atoms with Gasteiger partial charge in [0.15, 0.2) is 0 Å². The van der Waals surface area contributed by atoms with Crippen LogP contribution in [-0.4, -0.2) is 49.2 Å². The van der Waals surface area contributed by atoms with Gasteiger partial charge in [-0.05, 0) is 71.6 Å². The highest BCUT2D eigenvalue weighted by atomic mass is 16.5. The Balaban J connectivity index is 1.21. The van der Waals surface area contributed by atoms with E-state index in [2.05, 4.69) is 34.6 Å². The van der Waals surface area contributed by atoms with Crippen molar-refractivity contribution in [3.63, 3.8) is 0 Å². The van der Waals surface area contributed by atoms with Gasteiger partial charge in [0.1, 0.15) is 18.4 Å². The van der Waals surface area contributed by atoms with Crippen LogP contribution in [0, 0.1) is 0 Å². The molecule has 9 nitrogen and oxygen atoms in total. The van der Waals surface area contributed by atoms with Gasteiger partial charge in [0.05, 0.1) is 13.2 Å². The first-order chi connectivity index (χ1) is 23.8. The number of amides is 2. The van der Waals surface area contributed by atoms with Crippen LogP contribution in [-0.2, 0) is 33.9 Å². The molecule has 0 saturated heterocycles. The van der Waals surface area contributed by atoms with E-state index in [0.29, 0.717) is 18.8 Å². The summed E-state index contributed by atoms with van der Waals surface area (Å²) >= 11 is 0. The molecule has 9 heteroatoms. The first-order valence-electron chi connectivity index (χ1n) is 16.9. The van der Waals surface area contributed by atoms with E-state index in [1.807, 2.05) is 73.8 Å². The lowest BCUT2D eigenvalue weighted by Crippen LogP contribution is -2.42. The number of anilines is 2. The number of carboxylic acids is 1. The average molecular weight is 666 g/mol. The normalized spacial score (nSPS) is 11.4. The monoisotopic (exact) mass is 665 g/mol. The summed E-state index contributed by atoms with van der Waals surface area (Å²) in [7, 11) is 2.01. The second kappa shape index (κ2) is 19.6. The van der Waals surface area contributed by atoms with Crippen molar-refractivity contribution in [1.29, 1.82) is 0 Å². The second-order valence-electron chi connectivity index (χ2n) is 12.1. The van der Waals surface area contributed by atoms with Gasteiger partial charge in [-0.2, -0.15) is 0 Å². The third-order valence-electron chi connectivity index (χ3n) is 8.06. The summed E-state index contributed by atoms with van der Waals surface area (Å²) in [6.45, 7) is 3.87. The molecule has 0 aliphatic rings. The Morgan fingerprint density at radius 3 is 2.12 bits per heavy atom. The summed E-state index contributed by atoms with van der Waals surface area (Å²) in [5, 5.41) is 15.2. The van der Waals surface area contributed by atoms with Crippen LogP contribution in [0.1, 0.15) is 66.1 Å². The maximum absolute atomic E-state index is 12.9. The number of carbonyl (C=O) groups excluding carboxylic acids is 2. The largest absolute Gasteiger partial charge is 0.494 e. The quantitative estimate of drug-likeness (QED) is 0.0852. The molecular weight excluding hydrogens is 618 g/mol. The Kier molecular flexibility index (Phi) is 14.7. The third-order valence-corrected chi connectivity index (χ3v) is 8.06. The van der Waals surface area contributed by atoms with Crippen molar-refractivity contribution < 1.29 is 29.0 Å². The number of ether oxygens (including phenoxy) is 2. The first-order valence-corrected chi connectivity index (χ1v) is 16.9. The first kappa shape index (κ1) is 36.7. The molecule has 0 aliphatic carbocycles. The molecule has 4 aromatic carbocycles. The summed E-state index contributed by atoms with van der Waals surface area (Å²) in [4.78, 5) is 39.3. The second-order valence-corrected chi connectivity index (χ2v) is 12.1. The molecule has 0 aliphatic heterocycles. The number of aliphatic carboxylic acids is 1. The summed E-state index contributed by atoms with van der Waals surface area (Å²) in [5.74, 6) is -1.08. The number of unbranched alkanes of at least 4 members (excludes halogenated alkanes) is 4. The number of nitrogens with one attached hydrogen (secondary N) is 2. The fraction of sp³-hybridized carbons (Fsp3) is 0.325. The van der Waals surface area contributed by atoms with Gasteiger partial charge in [0, 0.05) is 37.0 Å². The van der Waals surface area contributed by atoms with Crippen LogP contribution in [0.3, 0.4) is 0 Å². The summed E-state index contributed by atoms with van der Waals surface area (Å²) in [5.41, 5.74) is 4.68. The van der Waals surface area contributed by atoms with Crippen molar-refractivity contribution in [2.45, 2.75) is 64.6 Å². The lowest BCUT2D eigenvalue weighted by Gasteiger charge is -2.20. The predicted molar refractivity (Wildman–Crippen MR) is 193 cm³/mol. The molecule has 4 aromatic rings. The van der Waals surface area contributed by atoms with Gasteiger partial charge in [-0.15, -0.1) is 0 Å². The van der Waals surface area contributed by atoms with E-state index in [4.69, 9.17) is 9.47 Å². The van der Waals surface area contributed by atoms with Crippen LogP contribution in [0.2, 0.25) is 0 Å². The highest BCUT2D eigenvalue weighted by molar-refractivity contribution is 5.97. The fourth-order valence-corrected chi connectivity index (χ4v) is 5.25. The molecule has 0 heterocycles. The zero-order chi connectivity index (χ0) is 34.8. The SMILES string of the molecule is CCCCCCCOc1ccc(CN(C)c2ccc(C[C@H](NC(=O)c3ccc(NC(=O)COCc4ccccc4)cc3)C(=O)O)cc2)cc1. The molecule has 1 atom stereocenters. The Labute approximate surface area is 289 Å². The highest BCUT2D eigenvalue weighted by Crippen LogP contribution is 2.20. The molecule has 4 rings (SSSR count). The molecule has 0 aromatic heterocycles. The van der Waals surface area contributed by atoms with Crippen LogP contribution in [0.15, 0.2) is 103 Å². The molecule has 3 N–H and O–H groups in total. The Hall–Kier alpha value is -5.15. The highest BCUT2D eigenvalue weighted by Gasteiger charge is 2.21. The lowest BCUT2D eigenvalue weighted by atomic mass is 10.0. The van der Waals surface area contributed by atoms with Gasteiger partial charge in [0.2, 0.25) is 5.91 Å². The number of hydrogen-bond donors (Lipinski definition) is 3. The number of carboxylic acid groups (broad SMARTS) is 1. The van der Waals surface area contributed by atoms with Crippen LogP contribution in [0.4, 0.5) is 11.4 Å². The van der Waals surface area contributed by atoms with Gasteiger partial charge in [0.25, 0.3) is 5.91 Å². The van der Waals surface area contributed by atoms with Crippen molar-refractivity contribution in [2.75, 3.05) is 30.5 Å². The smallest absolute Gasteiger partial charge is 0.326 e. The number of nitrogens with zero attached hydrogens (tertiary/aromatic N) is 1. The molecular formula is C40H47N3O6. The molecule has 0 bridgehead atoms. The Morgan fingerprint density at radius 1 is 0.776 bits per heavy atom. The van der Waals surface area contributed by atoms with Crippen LogP contribution in [0.5, 0.6) is 5.75 Å². The predicted octanol–water partition coefficient (Wildman–Crippen LogP) is 7.25. The van der Waals surface area contributed by atoms with Gasteiger partial charge >= 0.3 is 5.97 Å². The number of benzene rings is 4. The van der Waals surface area contributed by atoms with Crippen molar-refractivity contribution >= 4 is 29.2 Å². The van der Waals surface area contributed by atoms with E-state index in [0.717, 1.165) is 41.2 Å². The molecule has 49 heavy (non-hydrogen) atoms. The molecule has 0 unspecified atom stereocenters. The summed E-state index contributed by atoms with van der Waals surface area (Å²) < 4.78 is 11.3. The van der Waals surface area contributed by atoms with Crippen LogP contribution in [0.25, 0.3) is 0 Å². The lowest BCUT2D eigenvalue weighted by molar-refractivity contribution is -0.139. The van der Waals surface area contributed by atoms with Crippen molar-refractivity contribution in [1.82, 2.24) is 5.32 Å². The van der Waals surface area contributed by atoms with Gasteiger partial charge in [-0.25, -0.2) is 4.79 Å². The van der Waals surface area contributed by atoms with Gasteiger partial charge < -0.3 is 30.1 Å². The maximum atomic E-state index is 12.9. The zero-order valence-corrected chi connectivity index (χ0v) is 28.4. The van der Waals surface area contributed by atoms with Crippen molar-refractivity contribution in [3.05, 3.63) is 125 Å². The van der Waals surface area contributed by atoms with E-state index in [1.54, 1.807) is 12.1 Å². The van der Waals surface area contributed by atoms with E-state index < -0.39 is 17.9 Å². The molecule has 0 spiro atoms. The van der Waals surface area contributed by atoms with E-state index in [9.17, 15) is 19.5 Å². The minimum Gasteiger partial charge on any atom is -0.494 e. The Morgan fingerprint density at radius 2 is 1.45 bits per heavy atom. The maximum Gasteiger partial charge on any atom is 0.326 e. The molecule has 2 amide bonds.